The number of nitrogens with zero attached hydrogens (tertiary/aromatic N) is 3. The van der Waals surface area contributed by atoms with Crippen LogP contribution in [-0.2, 0) is 10.9 Å². The van der Waals surface area contributed by atoms with Gasteiger partial charge in [0.05, 0.1) is 30.1 Å². The molecule has 2 aromatic rings. The van der Waals surface area contributed by atoms with Crippen LogP contribution < -0.4 is 4.90 Å². The van der Waals surface area contributed by atoms with E-state index < -0.39 is 22.7 Å². The summed E-state index contributed by atoms with van der Waals surface area (Å²) in [5.74, 6) is 0.232. The molecule has 1 aromatic heterocycles. The van der Waals surface area contributed by atoms with E-state index in [2.05, 4.69) is 0 Å². The van der Waals surface area contributed by atoms with E-state index in [1.165, 1.54) is 12.3 Å². The maximum Gasteiger partial charge on any atom is 0.417 e. The molecule has 0 aliphatic carbocycles. The van der Waals surface area contributed by atoms with E-state index in [0.717, 1.165) is 6.07 Å². The van der Waals surface area contributed by atoms with Gasteiger partial charge in [-0.25, -0.2) is 0 Å². The second-order valence-electron chi connectivity index (χ2n) is 8.20. The normalized spacial score (nSPS) is 23.5. The molecule has 164 valence electrons. The van der Waals surface area contributed by atoms with Crippen LogP contribution in [0.1, 0.15) is 28.1 Å². The molecule has 0 radical (unpaired) electrons. The van der Waals surface area contributed by atoms with Crippen LogP contribution in [0.3, 0.4) is 0 Å². The second kappa shape index (κ2) is 7.93. The number of fused-ring (bicyclic) bond motifs is 1. The molecule has 2 aliphatic heterocycles. The van der Waals surface area contributed by atoms with Crippen molar-refractivity contribution in [3.05, 3.63) is 53.5 Å². The third-order valence-corrected chi connectivity index (χ3v) is 6.31. The number of anilines is 1. The number of carbonyl (C=O) groups excluding carboxylic acids is 1. The number of likely N-dealkylation sites (tertiary alicyclic amines) is 1. The fourth-order valence-corrected chi connectivity index (χ4v) is 4.86. The zero-order valence-electron chi connectivity index (χ0n) is 17.0. The summed E-state index contributed by atoms with van der Waals surface area (Å²) in [5.41, 5.74) is -1.31. The Kier molecular flexibility index (Phi) is 5.43. The molecule has 2 fully saturated rings. The van der Waals surface area contributed by atoms with E-state index in [1.54, 1.807) is 36.3 Å². The van der Waals surface area contributed by atoms with Gasteiger partial charge < -0.3 is 19.0 Å². The van der Waals surface area contributed by atoms with Gasteiger partial charge in [-0.15, -0.1) is 0 Å². The molecule has 0 unspecified atom stereocenters. The highest BCUT2D eigenvalue weighted by Gasteiger charge is 2.51. The molecule has 2 atom stereocenters. The van der Waals surface area contributed by atoms with Gasteiger partial charge in [-0.05, 0) is 42.7 Å². The minimum absolute atomic E-state index is 0.165. The number of benzene rings is 1. The van der Waals surface area contributed by atoms with Gasteiger partial charge in [-0.3, -0.25) is 4.79 Å². The zero-order chi connectivity index (χ0) is 22.2. The van der Waals surface area contributed by atoms with Crippen LogP contribution in [0.25, 0.3) is 0 Å². The summed E-state index contributed by atoms with van der Waals surface area (Å²) in [5, 5.41) is 9.05. The third-order valence-electron chi connectivity index (χ3n) is 6.31. The van der Waals surface area contributed by atoms with Crippen molar-refractivity contribution < 1.29 is 27.1 Å². The quantitative estimate of drug-likeness (QED) is 0.734. The lowest BCUT2D eigenvalue weighted by atomic mass is 9.74. The molecule has 3 heterocycles. The molecule has 4 rings (SSSR count). The Bertz CT molecular complexity index is 1000. The van der Waals surface area contributed by atoms with Crippen molar-refractivity contribution in [2.45, 2.75) is 12.6 Å². The number of piperidine rings is 1. The number of methoxy groups -OCH3 is 1. The summed E-state index contributed by atoms with van der Waals surface area (Å²) in [6, 6.07) is 8.71. The highest BCUT2D eigenvalue weighted by atomic mass is 19.4. The summed E-state index contributed by atoms with van der Waals surface area (Å²) in [6.45, 7) is 2.39. The first-order valence-corrected chi connectivity index (χ1v) is 9.95. The molecule has 2 aliphatic rings. The van der Waals surface area contributed by atoms with Gasteiger partial charge in [-0.1, -0.05) is 0 Å². The summed E-state index contributed by atoms with van der Waals surface area (Å²) < 4.78 is 51.0. The van der Waals surface area contributed by atoms with Crippen molar-refractivity contribution in [2.24, 2.45) is 11.3 Å². The Morgan fingerprint density at radius 1 is 1.35 bits per heavy atom. The number of carbonyl (C=O) groups is 1. The molecule has 0 saturated carbocycles. The Hall–Kier alpha value is -2.99. The van der Waals surface area contributed by atoms with Gasteiger partial charge in [0, 0.05) is 44.4 Å². The fourth-order valence-electron chi connectivity index (χ4n) is 4.86. The number of hydrogen-bond donors (Lipinski definition) is 0. The molecule has 1 amide bonds. The highest BCUT2D eigenvalue weighted by molar-refractivity contribution is 5.91. The van der Waals surface area contributed by atoms with E-state index in [9.17, 15) is 18.0 Å². The number of amides is 1. The smallest absolute Gasteiger partial charge is 0.417 e. The second-order valence-corrected chi connectivity index (χ2v) is 8.20. The van der Waals surface area contributed by atoms with Crippen LogP contribution in [0, 0.1) is 22.7 Å². The Morgan fingerprint density at radius 3 is 2.81 bits per heavy atom. The summed E-state index contributed by atoms with van der Waals surface area (Å²) in [7, 11) is 1.59. The minimum Gasteiger partial charge on any atom is -0.459 e. The average Bonchev–Trinajstić information content (AvgIpc) is 3.40. The van der Waals surface area contributed by atoms with Gasteiger partial charge in [0.15, 0.2) is 5.76 Å². The third kappa shape index (κ3) is 3.88. The minimum atomic E-state index is -4.61. The van der Waals surface area contributed by atoms with Crippen molar-refractivity contribution in [3.8, 4) is 6.07 Å². The van der Waals surface area contributed by atoms with E-state index >= 15 is 0 Å². The lowest BCUT2D eigenvalue weighted by molar-refractivity contribution is -0.137. The molecule has 0 spiro atoms. The number of halogens is 3. The SMILES string of the molecule is COC[C@@]12CN(C(=O)c3ccco3)CC[C@@H]1CN(c1ccc(C#N)c(C(F)(F)F)c1)C2. The maximum absolute atomic E-state index is 13.4. The number of nitriles is 1. The molecular weight excluding hydrogens is 411 g/mol. The Labute approximate surface area is 177 Å². The van der Waals surface area contributed by atoms with Crippen LogP contribution >= 0.6 is 0 Å². The first kappa shape index (κ1) is 21.2. The van der Waals surface area contributed by atoms with Crippen LogP contribution in [0.4, 0.5) is 18.9 Å². The lowest BCUT2D eigenvalue weighted by Crippen LogP contribution is -2.52. The van der Waals surface area contributed by atoms with Crippen molar-refractivity contribution in [2.75, 3.05) is 44.8 Å². The average molecular weight is 433 g/mol. The van der Waals surface area contributed by atoms with Crippen LogP contribution in [0.5, 0.6) is 0 Å². The van der Waals surface area contributed by atoms with Gasteiger partial charge in [0.25, 0.3) is 5.91 Å². The lowest BCUT2D eigenvalue weighted by Gasteiger charge is -2.43. The van der Waals surface area contributed by atoms with Crippen molar-refractivity contribution in [1.82, 2.24) is 4.90 Å². The van der Waals surface area contributed by atoms with Crippen LogP contribution in [0.15, 0.2) is 41.0 Å². The molecule has 2 saturated heterocycles. The zero-order valence-corrected chi connectivity index (χ0v) is 17.0. The van der Waals surface area contributed by atoms with E-state index in [1.807, 2.05) is 4.90 Å². The van der Waals surface area contributed by atoms with Crippen molar-refractivity contribution in [3.63, 3.8) is 0 Å². The van der Waals surface area contributed by atoms with Gasteiger partial charge in [0.1, 0.15) is 0 Å². The predicted octanol–water partition coefficient (Wildman–Crippen LogP) is 3.79. The monoisotopic (exact) mass is 433 g/mol. The summed E-state index contributed by atoms with van der Waals surface area (Å²) in [4.78, 5) is 16.4. The molecule has 31 heavy (non-hydrogen) atoms. The topological polar surface area (TPSA) is 69.7 Å². The maximum atomic E-state index is 13.4. The number of alkyl halides is 3. The van der Waals surface area contributed by atoms with E-state index in [0.29, 0.717) is 44.9 Å². The summed E-state index contributed by atoms with van der Waals surface area (Å²) in [6.07, 6.45) is -2.44. The highest BCUT2D eigenvalue weighted by Crippen LogP contribution is 2.45. The number of hydrogen-bond acceptors (Lipinski definition) is 5. The van der Waals surface area contributed by atoms with E-state index in [4.69, 9.17) is 14.4 Å². The Morgan fingerprint density at radius 2 is 2.16 bits per heavy atom. The van der Waals surface area contributed by atoms with E-state index in [-0.39, 0.29) is 17.6 Å². The van der Waals surface area contributed by atoms with Gasteiger partial charge in [0.2, 0.25) is 0 Å². The van der Waals surface area contributed by atoms with Gasteiger partial charge in [-0.2, -0.15) is 18.4 Å². The molecular formula is C22H22F3N3O3. The predicted molar refractivity (Wildman–Crippen MR) is 105 cm³/mol. The van der Waals surface area contributed by atoms with Crippen molar-refractivity contribution >= 4 is 11.6 Å². The molecule has 0 bridgehead atoms. The summed E-state index contributed by atoms with van der Waals surface area (Å²) >= 11 is 0. The fraction of sp³-hybridized carbons (Fsp3) is 0.455. The molecule has 0 N–H and O–H groups in total. The van der Waals surface area contributed by atoms with Crippen molar-refractivity contribution in [1.29, 1.82) is 5.26 Å². The molecule has 9 heteroatoms. The largest absolute Gasteiger partial charge is 0.459 e. The molecule has 1 aromatic carbocycles. The standard InChI is InChI=1S/C22H22F3N3O3/c1-30-14-21-12-27(20(29)19-3-2-8-31-19)7-6-16(21)11-28(13-21)17-5-4-15(10-26)18(9-17)22(23,24)25/h2-5,8-9,16H,6-7,11-14H2,1H3/t16-,21+/m1/s1. The number of rotatable bonds is 4. The number of furan rings is 1. The first-order chi connectivity index (χ1) is 14.8. The number of ether oxygens (including phenoxy) is 1. The van der Waals surface area contributed by atoms with Crippen LogP contribution in [0.2, 0.25) is 0 Å². The molecule has 6 nitrogen and oxygen atoms in total. The van der Waals surface area contributed by atoms with Gasteiger partial charge >= 0.3 is 6.18 Å². The first-order valence-electron chi connectivity index (χ1n) is 9.95. The Balaban J connectivity index is 1.61. The van der Waals surface area contributed by atoms with Crippen LogP contribution in [-0.4, -0.2) is 50.7 Å².